The maximum absolute atomic E-state index is 13.4. The third kappa shape index (κ3) is 3.70. The Bertz CT molecular complexity index is 1640. The summed E-state index contributed by atoms with van der Waals surface area (Å²) in [6, 6.07) is 23.3. The summed E-state index contributed by atoms with van der Waals surface area (Å²) in [4.78, 5) is 28.5. The van der Waals surface area contributed by atoms with Gasteiger partial charge in [0.15, 0.2) is 5.16 Å². The number of amides is 1. The molecule has 0 atom stereocenters. The lowest BCUT2D eigenvalue weighted by Gasteiger charge is -2.29. The number of nitrogens with zero attached hydrogens (tertiary/aromatic N) is 5. The van der Waals surface area contributed by atoms with Gasteiger partial charge in [-0.3, -0.25) is 14.0 Å². The van der Waals surface area contributed by atoms with Crippen molar-refractivity contribution in [1.82, 2.24) is 19.2 Å². The van der Waals surface area contributed by atoms with Crippen molar-refractivity contribution >= 4 is 40.0 Å². The zero-order chi connectivity index (χ0) is 23.9. The van der Waals surface area contributed by atoms with Crippen LogP contribution in [0.4, 0.5) is 5.69 Å². The molecule has 2 aromatic heterocycles. The Hall–Kier alpha value is -3.91. The van der Waals surface area contributed by atoms with E-state index in [0.29, 0.717) is 22.9 Å². The van der Waals surface area contributed by atoms with E-state index in [0.717, 1.165) is 35.3 Å². The van der Waals surface area contributed by atoms with Crippen molar-refractivity contribution in [3.63, 3.8) is 0 Å². The number of para-hydroxylation sites is 2. The second-order valence-corrected chi connectivity index (χ2v) is 9.62. The van der Waals surface area contributed by atoms with Crippen LogP contribution in [0, 0.1) is 6.92 Å². The first kappa shape index (κ1) is 21.6. The molecule has 7 nitrogen and oxygen atoms in total. The van der Waals surface area contributed by atoms with E-state index in [1.165, 1.54) is 17.3 Å². The molecule has 0 unspecified atom stereocenters. The van der Waals surface area contributed by atoms with Crippen molar-refractivity contribution in [1.29, 1.82) is 0 Å². The molecule has 174 valence electrons. The van der Waals surface area contributed by atoms with E-state index in [1.54, 1.807) is 4.57 Å². The molecule has 3 heterocycles. The summed E-state index contributed by atoms with van der Waals surface area (Å²) in [5, 5.41) is 9.93. The van der Waals surface area contributed by atoms with Gasteiger partial charge in [-0.1, -0.05) is 59.8 Å². The van der Waals surface area contributed by atoms with E-state index in [9.17, 15) is 9.59 Å². The van der Waals surface area contributed by atoms with Gasteiger partial charge in [0.25, 0.3) is 5.56 Å². The fourth-order valence-electron chi connectivity index (χ4n) is 4.70. The van der Waals surface area contributed by atoms with Crippen molar-refractivity contribution in [3.05, 3.63) is 94.3 Å². The summed E-state index contributed by atoms with van der Waals surface area (Å²) in [5.74, 6) is 0.693. The third-order valence-corrected chi connectivity index (χ3v) is 7.34. The van der Waals surface area contributed by atoms with Crippen molar-refractivity contribution in [3.8, 4) is 5.69 Å². The van der Waals surface area contributed by atoms with Gasteiger partial charge in [0.1, 0.15) is 0 Å². The Morgan fingerprint density at radius 2 is 1.74 bits per heavy atom. The van der Waals surface area contributed by atoms with Crippen LogP contribution in [0.15, 0.2) is 82.7 Å². The van der Waals surface area contributed by atoms with Crippen LogP contribution < -0.4 is 10.5 Å². The summed E-state index contributed by atoms with van der Waals surface area (Å²) in [5.41, 5.74) is 4.60. The van der Waals surface area contributed by atoms with Crippen LogP contribution >= 0.6 is 11.8 Å². The monoisotopic (exact) mass is 481 g/mol. The van der Waals surface area contributed by atoms with Gasteiger partial charge in [-0.05, 0) is 55.7 Å². The average Bonchev–Trinajstić information content (AvgIpc) is 3.32. The molecular weight excluding hydrogens is 458 g/mol. The smallest absolute Gasteiger partial charge is 0.267 e. The maximum Gasteiger partial charge on any atom is 0.267 e. The molecule has 0 radical (unpaired) electrons. The highest BCUT2D eigenvalue weighted by atomic mass is 32.2. The van der Waals surface area contributed by atoms with Gasteiger partial charge in [0, 0.05) is 12.2 Å². The fourth-order valence-corrected chi connectivity index (χ4v) is 5.51. The highest BCUT2D eigenvalue weighted by Crippen LogP contribution is 2.29. The molecule has 0 N–H and O–H groups in total. The Balaban J connectivity index is 1.41. The minimum absolute atomic E-state index is 0.0371. The molecule has 6 rings (SSSR count). The predicted octanol–water partition coefficient (Wildman–Crippen LogP) is 4.41. The minimum Gasteiger partial charge on any atom is -0.311 e. The van der Waals surface area contributed by atoms with Crippen LogP contribution in [0.1, 0.15) is 17.5 Å². The molecule has 0 saturated carbocycles. The van der Waals surface area contributed by atoms with Gasteiger partial charge < -0.3 is 4.90 Å². The van der Waals surface area contributed by atoms with Crippen molar-refractivity contribution < 1.29 is 4.79 Å². The molecule has 3 aromatic carbocycles. The zero-order valence-corrected chi connectivity index (χ0v) is 20.0. The average molecular weight is 482 g/mol. The molecule has 1 aliphatic rings. The van der Waals surface area contributed by atoms with Gasteiger partial charge in [-0.2, -0.15) is 0 Å². The number of thioether (sulfide) groups is 1. The Morgan fingerprint density at radius 1 is 0.971 bits per heavy atom. The molecule has 8 heteroatoms. The summed E-state index contributed by atoms with van der Waals surface area (Å²) in [6.45, 7) is 2.72. The SMILES string of the molecule is Cc1ccc(-n2c(=O)c3ccccc3n3c(SCC(=O)N4CCCc5ccccc54)nnc23)cc1. The number of carbonyl (C=O) groups excluding carboxylic acids is 1. The van der Waals surface area contributed by atoms with Gasteiger partial charge >= 0.3 is 0 Å². The lowest BCUT2D eigenvalue weighted by molar-refractivity contribution is -0.116. The van der Waals surface area contributed by atoms with Gasteiger partial charge in [-0.15, -0.1) is 10.2 Å². The highest BCUT2D eigenvalue weighted by Gasteiger charge is 2.24. The number of fused-ring (bicyclic) bond motifs is 4. The van der Waals surface area contributed by atoms with Crippen LogP contribution in [0.3, 0.4) is 0 Å². The molecule has 0 spiro atoms. The summed E-state index contributed by atoms with van der Waals surface area (Å²) in [7, 11) is 0. The first-order chi connectivity index (χ1) is 17.1. The van der Waals surface area contributed by atoms with Crippen LogP contribution in [-0.4, -0.2) is 37.4 Å². The van der Waals surface area contributed by atoms with Crippen molar-refractivity contribution in [2.75, 3.05) is 17.2 Å². The van der Waals surface area contributed by atoms with Crippen molar-refractivity contribution in [2.24, 2.45) is 0 Å². The molecule has 0 saturated heterocycles. The van der Waals surface area contributed by atoms with Gasteiger partial charge in [-0.25, -0.2) is 4.57 Å². The molecule has 1 amide bonds. The first-order valence-electron chi connectivity index (χ1n) is 11.6. The lowest BCUT2D eigenvalue weighted by atomic mass is 10.0. The predicted molar refractivity (Wildman–Crippen MR) is 139 cm³/mol. The van der Waals surface area contributed by atoms with E-state index in [1.807, 2.05) is 83.0 Å². The number of carbonyl (C=O) groups is 1. The molecule has 5 aromatic rings. The number of hydrogen-bond acceptors (Lipinski definition) is 5. The molecule has 0 aliphatic carbocycles. The van der Waals surface area contributed by atoms with Crippen LogP contribution in [0.5, 0.6) is 0 Å². The van der Waals surface area contributed by atoms with E-state index < -0.39 is 0 Å². The lowest BCUT2D eigenvalue weighted by Crippen LogP contribution is -2.36. The summed E-state index contributed by atoms with van der Waals surface area (Å²) >= 11 is 1.34. The standard InChI is InChI=1S/C27H23N5O2S/c1-18-12-14-20(15-13-18)31-25(34)21-9-3-5-11-23(21)32-26(31)28-29-27(32)35-17-24(33)30-16-6-8-19-7-2-4-10-22(19)30/h2-5,7,9-15H,6,8,16-17H2,1H3. The third-order valence-electron chi connectivity index (χ3n) is 6.42. The molecule has 35 heavy (non-hydrogen) atoms. The zero-order valence-electron chi connectivity index (χ0n) is 19.2. The Morgan fingerprint density at radius 3 is 2.60 bits per heavy atom. The molecular formula is C27H23N5O2S. The van der Waals surface area contributed by atoms with Crippen LogP contribution in [0.2, 0.25) is 0 Å². The molecule has 1 aliphatic heterocycles. The number of hydrogen-bond donors (Lipinski definition) is 0. The fraction of sp³-hybridized carbons (Fsp3) is 0.185. The summed E-state index contributed by atoms with van der Waals surface area (Å²) in [6.07, 6.45) is 1.94. The summed E-state index contributed by atoms with van der Waals surface area (Å²) < 4.78 is 3.46. The topological polar surface area (TPSA) is 72.5 Å². The Labute approximate surface area is 206 Å². The normalized spacial score (nSPS) is 13.3. The van der Waals surface area contributed by atoms with Crippen molar-refractivity contribution in [2.45, 2.75) is 24.9 Å². The second-order valence-electron chi connectivity index (χ2n) is 8.68. The largest absolute Gasteiger partial charge is 0.311 e. The Kier molecular flexibility index (Phi) is 5.37. The quantitative estimate of drug-likeness (QED) is 0.356. The second kappa shape index (κ2) is 8.70. The van der Waals surface area contributed by atoms with E-state index >= 15 is 0 Å². The number of rotatable bonds is 4. The van der Waals surface area contributed by atoms with E-state index in [-0.39, 0.29) is 17.2 Å². The number of aromatic nitrogens is 4. The van der Waals surface area contributed by atoms with Gasteiger partial charge in [0.05, 0.1) is 22.3 Å². The molecule has 0 bridgehead atoms. The number of anilines is 1. The van der Waals surface area contributed by atoms with E-state index in [4.69, 9.17) is 0 Å². The number of benzene rings is 3. The van der Waals surface area contributed by atoms with E-state index in [2.05, 4.69) is 16.3 Å². The molecule has 0 fully saturated rings. The van der Waals surface area contributed by atoms with Crippen LogP contribution in [0.25, 0.3) is 22.4 Å². The number of aryl methyl sites for hydroxylation is 2. The highest BCUT2D eigenvalue weighted by molar-refractivity contribution is 7.99. The van der Waals surface area contributed by atoms with Gasteiger partial charge in [0.2, 0.25) is 11.7 Å². The minimum atomic E-state index is -0.151. The maximum atomic E-state index is 13.4. The van der Waals surface area contributed by atoms with Crippen LogP contribution in [-0.2, 0) is 11.2 Å². The first-order valence-corrected chi connectivity index (χ1v) is 12.6.